The van der Waals surface area contributed by atoms with E-state index in [1.165, 1.54) is 23.1 Å². The smallest absolute Gasteiger partial charge is 0.239 e. The van der Waals surface area contributed by atoms with Gasteiger partial charge in [-0.1, -0.05) is 29.8 Å². The van der Waals surface area contributed by atoms with Crippen LogP contribution in [0.2, 0.25) is 5.02 Å². The van der Waals surface area contributed by atoms with Crippen molar-refractivity contribution in [3.63, 3.8) is 0 Å². The summed E-state index contributed by atoms with van der Waals surface area (Å²) in [7, 11) is 0. The summed E-state index contributed by atoms with van der Waals surface area (Å²) >= 11 is 5.71. The molecule has 1 unspecified atom stereocenters. The summed E-state index contributed by atoms with van der Waals surface area (Å²) in [5, 5.41) is 2.80. The van der Waals surface area contributed by atoms with Crippen LogP contribution >= 0.6 is 11.6 Å². The van der Waals surface area contributed by atoms with E-state index in [-0.39, 0.29) is 30.2 Å². The highest BCUT2D eigenvalue weighted by Gasteiger charge is 2.38. The normalized spacial score (nSPS) is 17.0. The molecule has 0 aromatic heterocycles. The number of benzene rings is 2. The highest BCUT2D eigenvalue weighted by atomic mass is 35.5. The number of hydrogen-bond acceptors (Lipinski definition) is 2. The van der Waals surface area contributed by atoms with Crippen LogP contribution in [0.3, 0.4) is 0 Å². The van der Waals surface area contributed by atoms with Gasteiger partial charge in [0.2, 0.25) is 11.8 Å². The van der Waals surface area contributed by atoms with E-state index in [2.05, 4.69) is 5.32 Å². The molecule has 1 N–H and O–H groups in total. The summed E-state index contributed by atoms with van der Waals surface area (Å²) in [6.45, 7) is 0.222. The van der Waals surface area contributed by atoms with Crippen molar-refractivity contribution in [3.05, 3.63) is 64.7 Å². The fourth-order valence-corrected chi connectivity index (χ4v) is 2.97. The van der Waals surface area contributed by atoms with Crippen molar-refractivity contribution >= 4 is 29.1 Å². The van der Waals surface area contributed by atoms with Crippen LogP contribution in [0.1, 0.15) is 12.0 Å². The topological polar surface area (TPSA) is 49.4 Å². The molecule has 0 bridgehead atoms. The molecule has 0 aliphatic carbocycles. The van der Waals surface area contributed by atoms with Crippen molar-refractivity contribution in [2.24, 2.45) is 5.92 Å². The lowest BCUT2D eigenvalue weighted by molar-refractivity contribution is -0.132. The third-order valence-corrected chi connectivity index (χ3v) is 4.37. The Balaban J connectivity index is 1.67. The minimum Gasteiger partial charge on any atom is -0.351 e. The second-order valence-corrected chi connectivity index (χ2v) is 6.17. The van der Waals surface area contributed by atoms with Crippen LogP contribution in [0.5, 0.6) is 0 Å². The second-order valence-electron chi connectivity index (χ2n) is 5.74. The van der Waals surface area contributed by atoms with E-state index in [0.29, 0.717) is 5.56 Å². The van der Waals surface area contributed by atoms with Gasteiger partial charge in [0.1, 0.15) is 17.6 Å². The largest absolute Gasteiger partial charge is 0.351 e. The van der Waals surface area contributed by atoms with Crippen LogP contribution in [0.4, 0.5) is 14.5 Å². The molecule has 130 valence electrons. The molecule has 3 rings (SSSR count). The Bertz CT molecular complexity index is 828. The van der Waals surface area contributed by atoms with Crippen molar-refractivity contribution < 1.29 is 18.4 Å². The van der Waals surface area contributed by atoms with Crippen LogP contribution in [0.25, 0.3) is 0 Å². The molecule has 1 atom stereocenters. The molecular weight excluding hydrogens is 350 g/mol. The highest BCUT2D eigenvalue weighted by Crippen LogP contribution is 2.29. The SMILES string of the molecule is O=C(NCc1ccccc1F)C1CCN(c2ccc(Cl)cc2F)C1=O. The Morgan fingerprint density at radius 2 is 1.96 bits per heavy atom. The van der Waals surface area contributed by atoms with E-state index in [4.69, 9.17) is 11.6 Å². The standard InChI is InChI=1S/C18H15ClF2N2O2/c19-12-5-6-16(15(21)9-12)23-8-7-13(18(23)25)17(24)22-10-11-3-1-2-4-14(11)20/h1-6,9,13H,7-8,10H2,(H,22,24). The second kappa shape index (κ2) is 7.19. The summed E-state index contributed by atoms with van der Waals surface area (Å²) in [6, 6.07) is 10.1. The number of rotatable bonds is 4. The lowest BCUT2D eigenvalue weighted by Gasteiger charge is -2.17. The van der Waals surface area contributed by atoms with Gasteiger partial charge in [-0.25, -0.2) is 8.78 Å². The maximum atomic E-state index is 14.0. The Labute approximate surface area is 148 Å². The van der Waals surface area contributed by atoms with Crippen molar-refractivity contribution in [1.82, 2.24) is 5.32 Å². The quantitative estimate of drug-likeness (QED) is 0.846. The Morgan fingerprint density at radius 1 is 1.20 bits per heavy atom. The zero-order valence-electron chi connectivity index (χ0n) is 13.1. The van der Waals surface area contributed by atoms with Gasteiger partial charge in [-0.05, 0) is 30.7 Å². The number of amides is 2. The monoisotopic (exact) mass is 364 g/mol. The summed E-state index contributed by atoms with van der Waals surface area (Å²) in [5.74, 6) is -2.93. The zero-order chi connectivity index (χ0) is 18.0. The van der Waals surface area contributed by atoms with Crippen molar-refractivity contribution in [2.75, 3.05) is 11.4 Å². The molecule has 1 aliphatic heterocycles. The first kappa shape index (κ1) is 17.4. The fraction of sp³-hybridized carbons (Fsp3) is 0.222. The molecule has 1 fully saturated rings. The van der Waals surface area contributed by atoms with Gasteiger partial charge < -0.3 is 10.2 Å². The van der Waals surface area contributed by atoms with E-state index in [0.717, 1.165) is 6.07 Å². The fourth-order valence-electron chi connectivity index (χ4n) is 2.81. The first-order chi connectivity index (χ1) is 12.0. The number of nitrogens with one attached hydrogen (secondary N) is 1. The van der Waals surface area contributed by atoms with E-state index in [1.807, 2.05) is 0 Å². The maximum absolute atomic E-state index is 14.0. The van der Waals surface area contributed by atoms with Crippen LogP contribution in [0.15, 0.2) is 42.5 Å². The summed E-state index contributed by atoms with van der Waals surface area (Å²) < 4.78 is 27.6. The van der Waals surface area contributed by atoms with Gasteiger partial charge in [-0.2, -0.15) is 0 Å². The molecule has 4 nitrogen and oxygen atoms in total. The molecule has 0 spiro atoms. The van der Waals surface area contributed by atoms with Gasteiger partial charge in [0.05, 0.1) is 5.69 Å². The van der Waals surface area contributed by atoms with Gasteiger partial charge in [0.25, 0.3) is 0 Å². The van der Waals surface area contributed by atoms with Gasteiger partial charge in [-0.15, -0.1) is 0 Å². The number of hydrogen-bond donors (Lipinski definition) is 1. The average molecular weight is 365 g/mol. The number of carbonyl (C=O) groups excluding carboxylic acids is 2. The summed E-state index contributed by atoms with van der Waals surface area (Å²) in [5.41, 5.74) is 0.431. The molecule has 1 heterocycles. The number of halogens is 3. The van der Waals surface area contributed by atoms with Crippen molar-refractivity contribution in [2.45, 2.75) is 13.0 Å². The lowest BCUT2D eigenvalue weighted by Crippen LogP contribution is -2.37. The molecule has 2 amide bonds. The average Bonchev–Trinajstić information content (AvgIpc) is 2.95. The number of carbonyl (C=O) groups is 2. The Kier molecular flexibility index (Phi) is 4.99. The van der Waals surface area contributed by atoms with E-state index < -0.39 is 29.4 Å². The first-order valence-corrected chi connectivity index (χ1v) is 8.12. The van der Waals surface area contributed by atoms with Crippen molar-refractivity contribution in [3.8, 4) is 0 Å². The third kappa shape index (κ3) is 3.64. The minimum absolute atomic E-state index is 0.00933. The maximum Gasteiger partial charge on any atom is 0.239 e. The van der Waals surface area contributed by atoms with Crippen LogP contribution < -0.4 is 10.2 Å². The van der Waals surface area contributed by atoms with E-state index in [9.17, 15) is 18.4 Å². The van der Waals surface area contributed by atoms with E-state index in [1.54, 1.807) is 18.2 Å². The molecule has 1 saturated heterocycles. The lowest BCUT2D eigenvalue weighted by atomic mass is 10.1. The van der Waals surface area contributed by atoms with Gasteiger partial charge >= 0.3 is 0 Å². The van der Waals surface area contributed by atoms with Gasteiger partial charge in [0.15, 0.2) is 0 Å². The van der Waals surface area contributed by atoms with Crippen LogP contribution in [0, 0.1) is 17.6 Å². The molecule has 1 aliphatic rings. The summed E-state index contributed by atoms with van der Waals surface area (Å²) in [4.78, 5) is 25.9. The molecule has 0 radical (unpaired) electrons. The molecule has 7 heteroatoms. The summed E-state index contributed by atoms with van der Waals surface area (Å²) in [6.07, 6.45) is 0.268. The molecule has 0 saturated carbocycles. The van der Waals surface area contributed by atoms with Crippen LogP contribution in [-0.4, -0.2) is 18.4 Å². The molecule has 2 aromatic carbocycles. The third-order valence-electron chi connectivity index (χ3n) is 4.13. The molecule has 25 heavy (non-hydrogen) atoms. The predicted octanol–water partition coefficient (Wildman–Crippen LogP) is 3.29. The zero-order valence-corrected chi connectivity index (χ0v) is 13.9. The molecular formula is C18H15ClF2N2O2. The predicted molar refractivity (Wildman–Crippen MR) is 90.1 cm³/mol. The van der Waals surface area contributed by atoms with Crippen LogP contribution in [-0.2, 0) is 16.1 Å². The minimum atomic E-state index is -0.915. The Hall–Kier alpha value is -2.47. The van der Waals surface area contributed by atoms with Gasteiger partial charge in [-0.3, -0.25) is 9.59 Å². The van der Waals surface area contributed by atoms with E-state index >= 15 is 0 Å². The van der Waals surface area contributed by atoms with Gasteiger partial charge in [0, 0.05) is 23.7 Å². The Morgan fingerprint density at radius 3 is 2.68 bits per heavy atom. The first-order valence-electron chi connectivity index (χ1n) is 7.75. The number of nitrogens with zero attached hydrogens (tertiary/aromatic N) is 1. The van der Waals surface area contributed by atoms with Crippen molar-refractivity contribution in [1.29, 1.82) is 0 Å². The molecule has 2 aromatic rings. The number of anilines is 1. The highest BCUT2D eigenvalue weighted by molar-refractivity contribution is 6.30.